The number of amides is 1. The molecule has 1 aliphatic rings. The van der Waals surface area contributed by atoms with Crippen molar-refractivity contribution in [2.45, 2.75) is 25.7 Å². The van der Waals surface area contributed by atoms with E-state index in [9.17, 15) is 23.5 Å². The van der Waals surface area contributed by atoms with Gasteiger partial charge in [-0.25, -0.2) is 8.78 Å². The van der Waals surface area contributed by atoms with Gasteiger partial charge in [0, 0.05) is 18.1 Å². The van der Waals surface area contributed by atoms with Crippen molar-refractivity contribution in [1.82, 2.24) is 4.90 Å². The number of thioether (sulfide) groups is 1. The average molecular weight is 370 g/mol. The summed E-state index contributed by atoms with van der Waals surface area (Å²) in [5.41, 5.74) is -0.271. The van der Waals surface area contributed by atoms with E-state index in [1.807, 2.05) is 0 Å². The van der Waals surface area contributed by atoms with Gasteiger partial charge in [0.05, 0.1) is 4.91 Å². The zero-order chi connectivity index (χ0) is 17.7. The molecule has 1 fully saturated rings. The van der Waals surface area contributed by atoms with Crippen molar-refractivity contribution < 1.29 is 23.5 Å². The van der Waals surface area contributed by atoms with Crippen LogP contribution in [0.5, 0.6) is 0 Å². The van der Waals surface area contributed by atoms with E-state index in [-0.39, 0.29) is 16.9 Å². The second-order valence-electron chi connectivity index (χ2n) is 5.15. The monoisotopic (exact) mass is 370 g/mol. The molecule has 0 N–H and O–H groups in total. The van der Waals surface area contributed by atoms with Crippen molar-refractivity contribution in [3.63, 3.8) is 0 Å². The summed E-state index contributed by atoms with van der Waals surface area (Å²) in [6.45, 7) is 0.342. The third-order valence-electron chi connectivity index (χ3n) is 3.41. The van der Waals surface area contributed by atoms with Crippen molar-refractivity contribution >= 4 is 46.3 Å². The SMILES string of the molecule is O=C([O-])CCCCCN1C(=O)/C(=C\c2c(F)cccc2F)SC1=S. The lowest BCUT2D eigenvalue weighted by Crippen LogP contribution is -2.29. The van der Waals surface area contributed by atoms with E-state index in [0.29, 0.717) is 30.1 Å². The molecule has 1 aliphatic heterocycles. The molecule has 1 heterocycles. The lowest BCUT2D eigenvalue weighted by Gasteiger charge is -2.14. The topological polar surface area (TPSA) is 60.4 Å². The van der Waals surface area contributed by atoms with Crippen LogP contribution in [0, 0.1) is 11.6 Å². The van der Waals surface area contributed by atoms with Gasteiger partial charge in [-0.1, -0.05) is 36.5 Å². The average Bonchev–Trinajstić information content (AvgIpc) is 2.77. The maximum atomic E-state index is 13.7. The van der Waals surface area contributed by atoms with Crippen LogP contribution in [0.1, 0.15) is 31.2 Å². The summed E-state index contributed by atoms with van der Waals surface area (Å²) in [5, 5.41) is 10.3. The summed E-state index contributed by atoms with van der Waals surface area (Å²) in [5.74, 6) is -2.99. The fraction of sp³-hybridized carbons (Fsp3) is 0.312. The van der Waals surface area contributed by atoms with Gasteiger partial charge < -0.3 is 9.90 Å². The molecule has 0 atom stereocenters. The standard InChI is InChI=1S/C16H15F2NO3S2/c17-11-5-4-6-12(18)10(11)9-13-15(22)19(16(23)24-13)8-3-1-2-7-14(20)21/h4-6,9H,1-3,7-8H2,(H,20,21)/p-1/b13-9+. The van der Waals surface area contributed by atoms with E-state index in [4.69, 9.17) is 12.2 Å². The van der Waals surface area contributed by atoms with Gasteiger partial charge in [0.2, 0.25) is 0 Å². The Balaban J connectivity index is 2.01. The largest absolute Gasteiger partial charge is 0.550 e. The van der Waals surface area contributed by atoms with Gasteiger partial charge in [0.15, 0.2) is 0 Å². The van der Waals surface area contributed by atoms with Crippen molar-refractivity contribution in [2.24, 2.45) is 0 Å². The van der Waals surface area contributed by atoms with Crippen molar-refractivity contribution in [2.75, 3.05) is 6.54 Å². The van der Waals surface area contributed by atoms with Gasteiger partial charge >= 0.3 is 0 Å². The summed E-state index contributed by atoms with van der Waals surface area (Å²) >= 11 is 6.13. The Morgan fingerprint density at radius 2 is 1.92 bits per heavy atom. The minimum atomic E-state index is -1.10. The second kappa shape index (κ2) is 8.34. The van der Waals surface area contributed by atoms with Gasteiger partial charge in [0.25, 0.3) is 5.91 Å². The van der Waals surface area contributed by atoms with Crippen LogP contribution in [-0.2, 0) is 9.59 Å². The molecule has 2 rings (SSSR count). The van der Waals surface area contributed by atoms with Crippen LogP contribution < -0.4 is 5.11 Å². The van der Waals surface area contributed by atoms with E-state index in [0.717, 1.165) is 23.9 Å². The van der Waals surface area contributed by atoms with Crippen LogP contribution in [0.25, 0.3) is 6.08 Å². The molecule has 4 nitrogen and oxygen atoms in total. The Morgan fingerprint density at radius 3 is 2.54 bits per heavy atom. The summed E-state index contributed by atoms with van der Waals surface area (Å²) in [4.78, 5) is 24.2. The number of aliphatic carboxylic acids is 1. The van der Waals surface area contributed by atoms with Gasteiger partial charge in [0.1, 0.15) is 16.0 Å². The predicted molar refractivity (Wildman–Crippen MR) is 89.7 cm³/mol. The number of rotatable bonds is 7. The highest BCUT2D eigenvalue weighted by Crippen LogP contribution is 2.33. The number of hydrogen-bond acceptors (Lipinski definition) is 5. The Labute approximate surface area is 147 Å². The first-order valence-electron chi connectivity index (χ1n) is 7.29. The van der Waals surface area contributed by atoms with E-state index < -0.39 is 23.5 Å². The first-order valence-corrected chi connectivity index (χ1v) is 8.52. The maximum Gasteiger partial charge on any atom is 0.266 e. The molecule has 128 valence electrons. The van der Waals surface area contributed by atoms with Gasteiger partial charge in [-0.3, -0.25) is 9.69 Å². The molecule has 1 saturated heterocycles. The lowest BCUT2D eigenvalue weighted by atomic mass is 10.1. The van der Waals surface area contributed by atoms with Crippen molar-refractivity contribution in [3.05, 3.63) is 40.3 Å². The zero-order valence-electron chi connectivity index (χ0n) is 12.6. The summed E-state index contributed by atoms with van der Waals surface area (Å²) in [6, 6.07) is 3.49. The van der Waals surface area contributed by atoms with Gasteiger partial charge in [-0.05, 0) is 37.5 Å². The number of carboxylic acid groups (broad SMARTS) is 1. The molecule has 24 heavy (non-hydrogen) atoms. The molecule has 1 amide bonds. The third-order valence-corrected chi connectivity index (χ3v) is 4.79. The smallest absolute Gasteiger partial charge is 0.266 e. The first-order chi connectivity index (χ1) is 11.4. The fourth-order valence-corrected chi connectivity index (χ4v) is 3.48. The van der Waals surface area contributed by atoms with E-state index >= 15 is 0 Å². The minimum absolute atomic E-state index is 0.0230. The van der Waals surface area contributed by atoms with E-state index in [1.54, 1.807) is 0 Å². The molecule has 0 unspecified atom stereocenters. The summed E-state index contributed by atoms with van der Waals surface area (Å²) in [6.07, 6.45) is 2.81. The normalized spacial score (nSPS) is 16.2. The minimum Gasteiger partial charge on any atom is -0.550 e. The Hall–Kier alpha value is -1.80. The molecule has 0 bridgehead atoms. The van der Waals surface area contributed by atoms with Crippen molar-refractivity contribution in [1.29, 1.82) is 0 Å². The predicted octanol–water partition coefficient (Wildman–Crippen LogP) is 2.48. The Bertz CT molecular complexity index is 686. The number of carboxylic acids is 1. The molecule has 0 saturated carbocycles. The molecule has 1 aromatic rings. The molecule has 0 aliphatic carbocycles. The first kappa shape index (κ1) is 18.5. The number of hydrogen-bond donors (Lipinski definition) is 0. The summed E-state index contributed by atoms with van der Waals surface area (Å²) < 4.78 is 27.7. The molecular formula is C16H14F2NO3S2-. The Morgan fingerprint density at radius 1 is 1.25 bits per heavy atom. The van der Waals surface area contributed by atoms with Crippen LogP contribution in [0.2, 0.25) is 0 Å². The number of benzene rings is 1. The van der Waals surface area contributed by atoms with Crippen LogP contribution in [0.3, 0.4) is 0 Å². The number of unbranched alkanes of at least 4 members (excludes halogenated alkanes) is 2. The highest BCUT2D eigenvalue weighted by Gasteiger charge is 2.31. The maximum absolute atomic E-state index is 13.7. The van der Waals surface area contributed by atoms with E-state index in [1.165, 1.54) is 17.0 Å². The third kappa shape index (κ3) is 4.61. The number of thiocarbonyl (C=S) groups is 1. The number of carbonyl (C=O) groups is 2. The molecule has 0 aromatic heterocycles. The molecular weight excluding hydrogens is 356 g/mol. The molecule has 0 spiro atoms. The fourth-order valence-electron chi connectivity index (χ4n) is 2.19. The number of nitrogens with zero attached hydrogens (tertiary/aromatic N) is 1. The van der Waals surface area contributed by atoms with Crippen LogP contribution in [0.4, 0.5) is 8.78 Å². The highest BCUT2D eigenvalue weighted by atomic mass is 32.2. The van der Waals surface area contributed by atoms with Crippen LogP contribution >= 0.6 is 24.0 Å². The molecule has 8 heteroatoms. The quantitative estimate of drug-likeness (QED) is 0.419. The van der Waals surface area contributed by atoms with Crippen LogP contribution in [0.15, 0.2) is 23.1 Å². The molecule has 0 radical (unpaired) electrons. The molecule has 1 aromatic carbocycles. The van der Waals surface area contributed by atoms with Gasteiger partial charge in [-0.15, -0.1) is 0 Å². The number of carbonyl (C=O) groups excluding carboxylic acids is 2. The van der Waals surface area contributed by atoms with E-state index in [2.05, 4.69) is 0 Å². The van der Waals surface area contributed by atoms with Gasteiger partial charge in [-0.2, -0.15) is 0 Å². The zero-order valence-corrected chi connectivity index (χ0v) is 14.2. The number of halogens is 2. The lowest BCUT2D eigenvalue weighted by molar-refractivity contribution is -0.305. The highest BCUT2D eigenvalue weighted by molar-refractivity contribution is 8.26. The summed E-state index contributed by atoms with van der Waals surface area (Å²) in [7, 11) is 0. The van der Waals surface area contributed by atoms with Crippen LogP contribution in [-0.4, -0.2) is 27.6 Å². The van der Waals surface area contributed by atoms with Crippen molar-refractivity contribution in [3.8, 4) is 0 Å². The Kier molecular flexibility index (Phi) is 6.44. The second-order valence-corrected chi connectivity index (χ2v) is 6.83.